The van der Waals surface area contributed by atoms with Crippen molar-refractivity contribution in [1.29, 1.82) is 0 Å². The molecule has 0 unspecified atom stereocenters. The zero-order chi connectivity index (χ0) is 28.4. The van der Waals surface area contributed by atoms with Gasteiger partial charge >= 0.3 is 5.97 Å². The fourth-order valence-electron chi connectivity index (χ4n) is 4.68. The summed E-state index contributed by atoms with van der Waals surface area (Å²) in [5, 5.41) is 3.73. The number of anilines is 1. The van der Waals surface area contributed by atoms with Gasteiger partial charge in [-0.25, -0.2) is 9.78 Å². The summed E-state index contributed by atoms with van der Waals surface area (Å²) in [5.74, 6) is -2.95. The van der Waals surface area contributed by atoms with Crippen molar-refractivity contribution < 1.29 is 23.9 Å². The summed E-state index contributed by atoms with van der Waals surface area (Å²) in [4.78, 5) is 54.1. The summed E-state index contributed by atoms with van der Waals surface area (Å²) in [6.45, 7) is -0.612. The minimum absolute atomic E-state index is 0.0111. The Bertz CT molecular complexity index is 1720. The number of allylic oxidation sites excluding steroid dienone is 1. The van der Waals surface area contributed by atoms with Crippen LogP contribution in [0.4, 0.5) is 5.69 Å². The Hall–Kier alpha value is -5.02. The van der Waals surface area contributed by atoms with E-state index in [2.05, 4.69) is 5.32 Å². The molecule has 0 bridgehead atoms. The van der Waals surface area contributed by atoms with Gasteiger partial charge in [-0.15, -0.1) is 0 Å². The highest BCUT2D eigenvalue weighted by atomic mass is 35.5. The molecule has 0 radical (unpaired) electrons. The first kappa shape index (κ1) is 26.6. The predicted molar refractivity (Wildman–Crippen MR) is 152 cm³/mol. The molecule has 0 aliphatic heterocycles. The van der Waals surface area contributed by atoms with Crippen LogP contribution in [0.1, 0.15) is 54.3 Å². The number of aromatic nitrogens is 1. The zero-order valence-electron chi connectivity index (χ0n) is 21.1. The molecule has 4 aromatic rings. The SMILES string of the molecule is NC(=O)c1cc(NC(=O)COC(=O)c2c3c(nc4ccccc24)C(=Cc2ccccc2Cl)CC3)cc(C(N)=O)c1. The van der Waals surface area contributed by atoms with E-state index in [1.807, 2.05) is 42.5 Å². The number of primary amides is 2. The highest BCUT2D eigenvalue weighted by molar-refractivity contribution is 6.32. The van der Waals surface area contributed by atoms with E-state index < -0.39 is 30.3 Å². The van der Waals surface area contributed by atoms with Gasteiger partial charge in [-0.05, 0) is 65.9 Å². The number of para-hydroxylation sites is 1. The van der Waals surface area contributed by atoms with Crippen LogP contribution in [0.2, 0.25) is 5.02 Å². The van der Waals surface area contributed by atoms with Crippen LogP contribution >= 0.6 is 11.6 Å². The predicted octanol–water partition coefficient (Wildman–Crippen LogP) is 4.37. The number of rotatable bonds is 7. The van der Waals surface area contributed by atoms with Gasteiger partial charge in [0.25, 0.3) is 5.91 Å². The Labute approximate surface area is 233 Å². The highest BCUT2D eigenvalue weighted by Crippen LogP contribution is 2.38. The summed E-state index contributed by atoms with van der Waals surface area (Å²) < 4.78 is 5.42. The van der Waals surface area contributed by atoms with Gasteiger partial charge in [-0.3, -0.25) is 14.4 Å². The lowest BCUT2D eigenvalue weighted by Crippen LogP contribution is -2.23. The third kappa shape index (κ3) is 5.41. The number of ether oxygens (including phenoxy) is 1. The summed E-state index contributed by atoms with van der Waals surface area (Å²) in [6, 6.07) is 18.5. The number of hydrogen-bond acceptors (Lipinski definition) is 6. The maximum atomic E-state index is 13.4. The molecule has 0 saturated heterocycles. The van der Waals surface area contributed by atoms with Crippen molar-refractivity contribution in [2.24, 2.45) is 11.5 Å². The van der Waals surface area contributed by atoms with Gasteiger partial charge in [0.05, 0.1) is 16.8 Å². The van der Waals surface area contributed by atoms with Crippen molar-refractivity contribution in [2.75, 3.05) is 11.9 Å². The van der Waals surface area contributed by atoms with E-state index in [1.165, 1.54) is 18.2 Å². The summed E-state index contributed by atoms with van der Waals surface area (Å²) >= 11 is 6.36. The first-order valence-corrected chi connectivity index (χ1v) is 12.7. The topological polar surface area (TPSA) is 154 Å². The number of benzene rings is 3. The van der Waals surface area contributed by atoms with Crippen LogP contribution in [-0.4, -0.2) is 35.3 Å². The van der Waals surface area contributed by atoms with E-state index in [0.29, 0.717) is 40.0 Å². The molecule has 1 heterocycles. The molecule has 3 aromatic carbocycles. The first-order chi connectivity index (χ1) is 19.2. The molecule has 1 aromatic heterocycles. The van der Waals surface area contributed by atoms with Crippen molar-refractivity contribution in [3.8, 4) is 0 Å². The Morgan fingerprint density at radius 3 is 2.30 bits per heavy atom. The molecule has 40 heavy (non-hydrogen) atoms. The molecule has 0 fully saturated rings. The Morgan fingerprint density at radius 2 is 1.60 bits per heavy atom. The van der Waals surface area contributed by atoms with Crippen LogP contribution in [-0.2, 0) is 16.0 Å². The molecule has 1 aliphatic carbocycles. The second-order valence-electron chi connectivity index (χ2n) is 9.17. The third-order valence-corrected chi connectivity index (χ3v) is 6.85. The fraction of sp³-hybridized carbons (Fsp3) is 0.100. The number of esters is 1. The maximum Gasteiger partial charge on any atom is 0.339 e. The molecule has 1 aliphatic rings. The number of halogens is 1. The molecule has 5 N–H and O–H groups in total. The number of carbonyl (C=O) groups is 4. The van der Waals surface area contributed by atoms with E-state index in [0.717, 1.165) is 16.7 Å². The van der Waals surface area contributed by atoms with Crippen LogP contribution in [0.3, 0.4) is 0 Å². The lowest BCUT2D eigenvalue weighted by molar-refractivity contribution is -0.119. The van der Waals surface area contributed by atoms with E-state index in [-0.39, 0.29) is 16.8 Å². The summed E-state index contributed by atoms with van der Waals surface area (Å²) in [7, 11) is 0. The van der Waals surface area contributed by atoms with Gasteiger partial charge in [0, 0.05) is 27.2 Å². The second-order valence-corrected chi connectivity index (χ2v) is 9.58. The average molecular weight is 555 g/mol. The number of fused-ring (bicyclic) bond motifs is 2. The molecule has 5 rings (SSSR count). The Kier molecular flexibility index (Phi) is 7.31. The highest BCUT2D eigenvalue weighted by Gasteiger charge is 2.28. The van der Waals surface area contributed by atoms with Crippen molar-refractivity contribution in [3.63, 3.8) is 0 Å². The molecule has 10 heteroatoms. The maximum absolute atomic E-state index is 13.4. The van der Waals surface area contributed by atoms with Gasteiger partial charge in [0.15, 0.2) is 6.61 Å². The van der Waals surface area contributed by atoms with Gasteiger partial charge in [-0.1, -0.05) is 48.0 Å². The molecule has 3 amide bonds. The van der Waals surface area contributed by atoms with Crippen LogP contribution < -0.4 is 16.8 Å². The fourth-order valence-corrected chi connectivity index (χ4v) is 4.87. The normalized spacial score (nSPS) is 13.2. The Balaban J connectivity index is 1.41. The standard InChI is InChI=1S/C30H23ClN4O5/c31-23-7-3-1-5-16(23)11-17-9-10-22-26(21-6-2-4-8-24(21)35-27(17)22)30(39)40-15-25(36)34-20-13-18(28(32)37)12-19(14-20)29(33)38/h1-8,11-14H,9-10,15H2,(H2,32,37)(H2,33,38)(H,34,36). The minimum atomic E-state index is -0.800. The van der Waals surface area contributed by atoms with Crippen LogP contribution in [0.5, 0.6) is 0 Å². The largest absolute Gasteiger partial charge is 0.452 e. The molecule has 0 atom stereocenters. The quantitative estimate of drug-likeness (QED) is 0.288. The summed E-state index contributed by atoms with van der Waals surface area (Å²) in [5.41, 5.74) is 14.9. The molecule has 0 spiro atoms. The zero-order valence-corrected chi connectivity index (χ0v) is 21.8. The molecular weight excluding hydrogens is 532 g/mol. The van der Waals surface area contributed by atoms with Gasteiger partial charge in [0.1, 0.15) is 0 Å². The molecular formula is C30H23ClN4O5. The minimum Gasteiger partial charge on any atom is -0.452 e. The number of nitrogens with two attached hydrogens (primary N) is 2. The van der Waals surface area contributed by atoms with Crippen molar-refractivity contribution in [2.45, 2.75) is 12.8 Å². The number of hydrogen-bond donors (Lipinski definition) is 3. The molecule has 200 valence electrons. The van der Waals surface area contributed by atoms with Crippen molar-refractivity contribution >= 4 is 63.5 Å². The average Bonchev–Trinajstić information content (AvgIpc) is 3.33. The number of pyridine rings is 1. The number of carbonyl (C=O) groups excluding carboxylic acids is 4. The van der Waals surface area contributed by atoms with E-state index in [9.17, 15) is 19.2 Å². The molecule has 0 saturated carbocycles. The van der Waals surface area contributed by atoms with Gasteiger partial charge in [-0.2, -0.15) is 0 Å². The number of amides is 3. The number of nitrogens with one attached hydrogen (secondary N) is 1. The van der Waals surface area contributed by atoms with Gasteiger partial charge < -0.3 is 21.5 Å². The lowest BCUT2D eigenvalue weighted by Gasteiger charge is -2.13. The van der Waals surface area contributed by atoms with Crippen molar-refractivity contribution in [3.05, 3.63) is 105 Å². The smallest absolute Gasteiger partial charge is 0.339 e. The first-order valence-electron chi connectivity index (χ1n) is 12.3. The summed E-state index contributed by atoms with van der Waals surface area (Å²) in [6.07, 6.45) is 3.19. The van der Waals surface area contributed by atoms with Crippen LogP contribution in [0.25, 0.3) is 22.6 Å². The van der Waals surface area contributed by atoms with E-state index in [1.54, 1.807) is 12.1 Å². The van der Waals surface area contributed by atoms with E-state index in [4.69, 9.17) is 32.8 Å². The lowest BCUT2D eigenvalue weighted by atomic mass is 10.0. The molecule has 9 nitrogen and oxygen atoms in total. The van der Waals surface area contributed by atoms with Crippen LogP contribution in [0.15, 0.2) is 66.7 Å². The van der Waals surface area contributed by atoms with Gasteiger partial charge in [0.2, 0.25) is 11.8 Å². The number of nitrogens with zero attached hydrogens (tertiary/aromatic N) is 1. The second kappa shape index (κ2) is 11.0. The third-order valence-electron chi connectivity index (χ3n) is 6.50. The monoisotopic (exact) mass is 554 g/mol. The van der Waals surface area contributed by atoms with Crippen molar-refractivity contribution in [1.82, 2.24) is 4.98 Å². The van der Waals surface area contributed by atoms with E-state index >= 15 is 0 Å². The Morgan fingerprint density at radius 1 is 0.925 bits per heavy atom. The van der Waals surface area contributed by atoms with Crippen LogP contribution in [0, 0.1) is 0 Å².